The molecule has 7 nitrogen and oxygen atoms in total. The summed E-state index contributed by atoms with van der Waals surface area (Å²) in [5.74, 6) is -2.94. The summed E-state index contributed by atoms with van der Waals surface area (Å²) in [6, 6.07) is 2.92. The quantitative estimate of drug-likeness (QED) is 0.291. The van der Waals surface area contributed by atoms with Crippen molar-refractivity contribution in [1.29, 1.82) is 0 Å². The van der Waals surface area contributed by atoms with E-state index < -0.39 is 52.4 Å². The number of pyridine rings is 1. The molecule has 2 atom stereocenters. The molecule has 2 unspecified atom stereocenters. The maximum absolute atomic E-state index is 14.3. The molecule has 0 saturated heterocycles. The van der Waals surface area contributed by atoms with Crippen LogP contribution in [-0.2, 0) is 22.2 Å². The lowest BCUT2D eigenvalue weighted by atomic mass is 10.1. The van der Waals surface area contributed by atoms with Gasteiger partial charge in [0, 0.05) is 25.2 Å². The molecule has 0 aliphatic heterocycles. The third-order valence-electron chi connectivity index (χ3n) is 4.42. The molecule has 0 bridgehead atoms. The summed E-state index contributed by atoms with van der Waals surface area (Å²) < 4.78 is 87.7. The number of nitrogens with one attached hydrogen (secondary N) is 2. The second-order valence-corrected chi connectivity index (χ2v) is 7.80. The SMILES string of the molecule is CCNc1nc(C(F)(F)F)ccc1C=CC(=O)NC(C)c1cc(F)c(N(C)S(=O)O)c(F)c1. The maximum atomic E-state index is 14.3. The molecule has 0 radical (unpaired) electrons. The van der Waals surface area contributed by atoms with Crippen LogP contribution >= 0.6 is 0 Å². The minimum atomic E-state index is -4.62. The molecular weight excluding hydrogens is 471 g/mol. The number of aromatic nitrogens is 1. The van der Waals surface area contributed by atoms with E-state index in [4.69, 9.17) is 4.55 Å². The summed E-state index contributed by atoms with van der Waals surface area (Å²) in [7, 11) is 1.03. The van der Waals surface area contributed by atoms with E-state index in [0.29, 0.717) is 10.8 Å². The lowest BCUT2D eigenvalue weighted by molar-refractivity contribution is -0.141. The van der Waals surface area contributed by atoms with Crippen molar-refractivity contribution < 1.29 is 35.5 Å². The van der Waals surface area contributed by atoms with Crippen LogP contribution in [0.3, 0.4) is 0 Å². The summed E-state index contributed by atoms with van der Waals surface area (Å²) in [5.41, 5.74) is -1.51. The van der Waals surface area contributed by atoms with Gasteiger partial charge in [-0.25, -0.2) is 18.0 Å². The van der Waals surface area contributed by atoms with Gasteiger partial charge in [-0.1, -0.05) is 0 Å². The van der Waals surface area contributed by atoms with Crippen LogP contribution in [0.4, 0.5) is 33.5 Å². The second-order valence-electron chi connectivity index (χ2n) is 6.79. The van der Waals surface area contributed by atoms with E-state index in [2.05, 4.69) is 15.6 Å². The molecule has 33 heavy (non-hydrogen) atoms. The molecule has 1 heterocycles. The number of nitrogens with zero attached hydrogens (tertiary/aromatic N) is 2. The zero-order valence-corrected chi connectivity index (χ0v) is 18.5. The van der Waals surface area contributed by atoms with Crippen LogP contribution in [0.5, 0.6) is 0 Å². The molecular formula is C20H21F5N4O3S. The molecule has 1 aromatic carbocycles. The Morgan fingerprint density at radius 2 is 1.88 bits per heavy atom. The van der Waals surface area contributed by atoms with Crippen molar-refractivity contribution in [1.82, 2.24) is 10.3 Å². The monoisotopic (exact) mass is 492 g/mol. The van der Waals surface area contributed by atoms with Gasteiger partial charge >= 0.3 is 6.18 Å². The smallest absolute Gasteiger partial charge is 0.370 e. The number of carbonyl (C=O) groups is 1. The van der Waals surface area contributed by atoms with Crippen molar-refractivity contribution in [2.75, 3.05) is 23.2 Å². The van der Waals surface area contributed by atoms with E-state index in [9.17, 15) is 31.0 Å². The van der Waals surface area contributed by atoms with Gasteiger partial charge in [-0.15, -0.1) is 0 Å². The highest BCUT2D eigenvalue weighted by atomic mass is 32.2. The van der Waals surface area contributed by atoms with Crippen LogP contribution in [0.15, 0.2) is 30.3 Å². The molecule has 1 aromatic heterocycles. The van der Waals surface area contributed by atoms with Gasteiger partial charge < -0.3 is 10.6 Å². The number of hydrogen-bond donors (Lipinski definition) is 3. The summed E-state index contributed by atoms with van der Waals surface area (Å²) >= 11 is -2.64. The Bertz CT molecular complexity index is 1060. The van der Waals surface area contributed by atoms with Gasteiger partial charge in [0.2, 0.25) is 5.91 Å². The lowest BCUT2D eigenvalue weighted by Crippen LogP contribution is -2.26. The molecule has 2 rings (SSSR count). The Morgan fingerprint density at radius 3 is 2.39 bits per heavy atom. The second kappa shape index (κ2) is 10.7. The summed E-state index contributed by atoms with van der Waals surface area (Å²) in [6.45, 7) is 3.42. The normalized spacial score (nSPS) is 13.6. The number of hydrogen-bond acceptors (Lipinski definition) is 4. The van der Waals surface area contributed by atoms with E-state index >= 15 is 0 Å². The first kappa shape index (κ1) is 26.2. The van der Waals surface area contributed by atoms with Gasteiger partial charge in [0.15, 0.2) is 11.6 Å². The first-order chi connectivity index (χ1) is 15.3. The Kier molecular flexibility index (Phi) is 8.50. The number of rotatable bonds is 8. The van der Waals surface area contributed by atoms with Gasteiger partial charge in [-0.05, 0) is 49.8 Å². The number of anilines is 2. The van der Waals surface area contributed by atoms with Crippen LogP contribution in [-0.4, -0.2) is 33.2 Å². The van der Waals surface area contributed by atoms with Crippen LogP contribution in [0.25, 0.3) is 6.08 Å². The molecule has 13 heteroatoms. The van der Waals surface area contributed by atoms with Crippen LogP contribution in [0.1, 0.15) is 36.7 Å². The third kappa shape index (κ3) is 6.71. The van der Waals surface area contributed by atoms with E-state index in [-0.39, 0.29) is 16.9 Å². The third-order valence-corrected chi connectivity index (χ3v) is 5.07. The highest BCUT2D eigenvalue weighted by Crippen LogP contribution is 2.30. The molecule has 0 fully saturated rings. The Labute approximate surface area is 189 Å². The molecule has 0 aliphatic rings. The van der Waals surface area contributed by atoms with Crippen LogP contribution in [0, 0.1) is 11.6 Å². The zero-order chi connectivity index (χ0) is 24.9. The fourth-order valence-corrected chi connectivity index (χ4v) is 3.13. The van der Waals surface area contributed by atoms with Gasteiger partial charge in [0.25, 0.3) is 11.3 Å². The van der Waals surface area contributed by atoms with Gasteiger partial charge in [-0.3, -0.25) is 13.7 Å². The van der Waals surface area contributed by atoms with E-state index in [1.54, 1.807) is 6.92 Å². The van der Waals surface area contributed by atoms with Crippen molar-refractivity contribution in [2.45, 2.75) is 26.1 Å². The molecule has 2 aromatic rings. The van der Waals surface area contributed by atoms with Gasteiger partial charge in [0.05, 0.1) is 6.04 Å². The first-order valence-corrected chi connectivity index (χ1v) is 10.6. The van der Waals surface area contributed by atoms with E-state index in [1.807, 2.05) is 0 Å². The minimum absolute atomic E-state index is 0.0529. The Hall–Kier alpha value is -3.06. The fraction of sp³-hybridized carbons (Fsp3) is 0.300. The molecule has 180 valence electrons. The molecule has 0 aliphatic carbocycles. The summed E-state index contributed by atoms with van der Waals surface area (Å²) in [5, 5.41) is 5.17. The minimum Gasteiger partial charge on any atom is -0.370 e. The number of benzene rings is 1. The molecule has 0 spiro atoms. The van der Waals surface area contributed by atoms with E-state index in [0.717, 1.165) is 37.4 Å². The van der Waals surface area contributed by atoms with E-state index in [1.165, 1.54) is 13.0 Å². The fourth-order valence-electron chi connectivity index (χ4n) is 2.80. The van der Waals surface area contributed by atoms with Crippen molar-refractivity contribution in [2.24, 2.45) is 0 Å². The predicted octanol–water partition coefficient (Wildman–Crippen LogP) is 4.27. The van der Waals surface area contributed by atoms with Gasteiger partial charge in [0.1, 0.15) is 17.2 Å². The number of carbonyl (C=O) groups excluding carboxylic acids is 1. The number of alkyl halides is 3. The first-order valence-electron chi connectivity index (χ1n) is 9.49. The largest absolute Gasteiger partial charge is 0.433 e. The van der Waals surface area contributed by atoms with Gasteiger partial charge in [-0.2, -0.15) is 13.2 Å². The van der Waals surface area contributed by atoms with Crippen LogP contribution < -0.4 is 14.9 Å². The highest BCUT2D eigenvalue weighted by Gasteiger charge is 2.33. The molecule has 3 N–H and O–H groups in total. The van der Waals surface area contributed by atoms with Crippen molar-refractivity contribution in [3.05, 3.63) is 58.8 Å². The molecule has 1 amide bonds. The zero-order valence-electron chi connectivity index (χ0n) is 17.7. The van der Waals surface area contributed by atoms with Crippen LogP contribution in [0.2, 0.25) is 0 Å². The summed E-state index contributed by atoms with van der Waals surface area (Å²) in [4.78, 5) is 15.8. The standard InChI is InChI=1S/C20H21F5N4O3S/c1-4-26-19-12(5-7-16(28-19)20(23,24)25)6-8-17(30)27-11(2)13-9-14(21)18(15(22)10-13)29(3)33(31)32/h5-11H,4H2,1-3H3,(H,26,28)(H,27,30)(H,31,32). The Morgan fingerprint density at radius 1 is 1.27 bits per heavy atom. The Balaban J connectivity index is 2.18. The lowest BCUT2D eigenvalue weighted by Gasteiger charge is -2.19. The van der Waals surface area contributed by atoms with Crippen molar-refractivity contribution in [3.63, 3.8) is 0 Å². The topological polar surface area (TPSA) is 94.6 Å². The molecule has 0 saturated carbocycles. The summed E-state index contributed by atoms with van der Waals surface area (Å²) in [6.07, 6.45) is -2.32. The maximum Gasteiger partial charge on any atom is 0.433 e. The predicted molar refractivity (Wildman–Crippen MR) is 115 cm³/mol. The highest BCUT2D eigenvalue weighted by molar-refractivity contribution is 7.80. The number of amides is 1. The van der Waals surface area contributed by atoms with Crippen molar-refractivity contribution >= 4 is 34.8 Å². The number of halogens is 5. The average Bonchev–Trinajstić information content (AvgIpc) is 2.71. The average molecular weight is 492 g/mol. The van der Waals surface area contributed by atoms with Crippen molar-refractivity contribution in [3.8, 4) is 0 Å².